The minimum Gasteiger partial charge on any atom is -0.481 e. The molecule has 140 valence electrons. The van der Waals surface area contributed by atoms with Crippen LogP contribution in [0.2, 0.25) is 0 Å². The molecule has 3 aliphatic rings. The van der Waals surface area contributed by atoms with E-state index in [1.165, 1.54) is 12.8 Å². The molecular formula is C18H28N2O5. The molecule has 2 amide bonds. The highest BCUT2D eigenvalue weighted by atomic mass is 16.5. The van der Waals surface area contributed by atoms with Gasteiger partial charge in [-0.2, -0.15) is 0 Å². The number of ether oxygens (including phenoxy) is 1. The molecule has 1 N–H and O–H groups in total. The first-order chi connectivity index (χ1) is 12.0. The molecule has 2 heterocycles. The number of likely N-dealkylation sites (tertiary alicyclic amines) is 1. The minimum absolute atomic E-state index is 0.0249. The summed E-state index contributed by atoms with van der Waals surface area (Å²) in [6.07, 6.45) is 6.62. The summed E-state index contributed by atoms with van der Waals surface area (Å²) in [6.45, 7) is 1.66. The van der Waals surface area contributed by atoms with Crippen LogP contribution < -0.4 is 0 Å². The number of carbonyl (C=O) groups excluding carboxylic acids is 2. The summed E-state index contributed by atoms with van der Waals surface area (Å²) in [5.41, 5.74) is 0. The highest BCUT2D eigenvalue weighted by Crippen LogP contribution is 2.29. The van der Waals surface area contributed by atoms with E-state index in [1.54, 1.807) is 4.90 Å². The van der Waals surface area contributed by atoms with E-state index < -0.39 is 12.1 Å². The van der Waals surface area contributed by atoms with Gasteiger partial charge in [0.05, 0.1) is 25.0 Å². The van der Waals surface area contributed by atoms with Crippen LogP contribution in [0.3, 0.4) is 0 Å². The van der Waals surface area contributed by atoms with Crippen LogP contribution in [0.15, 0.2) is 0 Å². The average Bonchev–Trinajstić information content (AvgIpc) is 2.80. The van der Waals surface area contributed by atoms with Crippen molar-refractivity contribution in [2.45, 2.75) is 63.5 Å². The van der Waals surface area contributed by atoms with Crippen LogP contribution in [0.5, 0.6) is 0 Å². The maximum absolute atomic E-state index is 12.8. The third-order valence-corrected chi connectivity index (χ3v) is 5.63. The molecule has 7 heteroatoms. The Morgan fingerprint density at radius 2 is 1.84 bits per heavy atom. The lowest BCUT2D eigenvalue weighted by molar-refractivity contribution is -0.149. The lowest BCUT2D eigenvalue weighted by Crippen LogP contribution is -2.48. The van der Waals surface area contributed by atoms with Crippen molar-refractivity contribution in [3.05, 3.63) is 0 Å². The number of carboxylic acids is 1. The van der Waals surface area contributed by atoms with Gasteiger partial charge < -0.3 is 19.6 Å². The van der Waals surface area contributed by atoms with Crippen LogP contribution in [0.1, 0.15) is 51.4 Å². The molecule has 0 unspecified atom stereocenters. The Morgan fingerprint density at radius 3 is 2.52 bits per heavy atom. The van der Waals surface area contributed by atoms with E-state index in [-0.39, 0.29) is 36.6 Å². The van der Waals surface area contributed by atoms with Gasteiger partial charge in [0.25, 0.3) is 0 Å². The molecule has 2 aliphatic heterocycles. The van der Waals surface area contributed by atoms with Gasteiger partial charge in [-0.1, -0.05) is 25.7 Å². The number of aliphatic carboxylic acids is 1. The first-order valence-corrected chi connectivity index (χ1v) is 9.46. The lowest BCUT2D eigenvalue weighted by Gasteiger charge is -2.34. The Labute approximate surface area is 148 Å². The van der Waals surface area contributed by atoms with E-state index in [1.807, 2.05) is 4.90 Å². The maximum atomic E-state index is 12.8. The fourth-order valence-electron chi connectivity index (χ4n) is 4.32. The normalized spacial score (nSPS) is 28.9. The van der Waals surface area contributed by atoms with Gasteiger partial charge in [0, 0.05) is 32.1 Å². The molecule has 0 radical (unpaired) electrons. The first-order valence-electron chi connectivity index (χ1n) is 9.46. The van der Waals surface area contributed by atoms with Gasteiger partial charge in [-0.25, -0.2) is 0 Å². The SMILES string of the molecule is O=C(O)C[C@H]1CN(C(=O)[C@@H]2CC(=O)N(C3CCCCCC3)C2)CCO1. The Hall–Kier alpha value is -1.63. The summed E-state index contributed by atoms with van der Waals surface area (Å²) in [6, 6.07) is 0.289. The third kappa shape index (κ3) is 4.51. The molecule has 0 aromatic heterocycles. The third-order valence-electron chi connectivity index (χ3n) is 5.63. The van der Waals surface area contributed by atoms with Gasteiger partial charge >= 0.3 is 5.97 Å². The number of hydrogen-bond donors (Lipinski definition) is 1. The quantitative estimate of drug-likeness (QED) is 0.770. The predicted molar refractivity (Wildman–Crippen MR) is 89.9 cm³/mol. The van der Waals surface area contributed by atoms with Crippen molar-refractivity contribution in [1.29, 1.82) is 0 Å². The van der Waals surface area contributed by atoms with Gasteiger partial charge in [0.2, 0.25) is 11.8 Å². The highest BCUT2D eigenvalue weighted by molar-refractivity contribution is 5.89. The molecule has 2 saturated heterocycles. The largest absolute Gasteiger partial charge is 0.481 e. The number of morpholine rings is 1. The van der Waals surface area contributed by atoms with E-state index in [0.717, 1.165) is 25.7 Å². The summed E-state index contributed by atoms with van der Waals surface area (Å²) >= 11 is 0. The fraction of sp³-hybridized carbons (Fsp3) is 0.833. The van der Waals surface area contributed by atoms with Crippen LogP contribution in [-0.4, -0.2) is 71.1 Å². The predicted octanol–water partition coefficient (Wildman–Crippen LogP) is 1.26. The molecule has 2 atom stereocenters. The van der Waals surface area contributed by atoms with Gasteiger partial charge in [-0.3, -0.25) is 14.4 Å². The molecule has 1 aliphatic carbocycles. The molecule has 0 aromatic carbocycles. The second kappa shape index (κ2) is 8.17. The molecule has 7 nitrogen and oxygen atoms in total. The molecule has 0 bridgehead atoms. The van der Waals surface area contributed by atoms with Crippen LogP contribution in [0.4, 0.5) is 0 Å². The second-order valence-corrected chi connectivity index (χ2v) is 7.47. The van der Waals surface area contributed by atoms with Crippen molar-refractivity contribution in [2.24, 2.45) is 5.92 Å². The van der Waals surface area contributed by atoms with Gasteiger partial charge in [-0.15, -0.1) is 0 Å². The van der Waals surface area contributed by atoms with Gasteiger partial charge in [-0.05, 0) is 12.8 Å². The van der Waals surface area contributed by atoms with Crippen molar-refractivity contribution >= 4 is 17.8 Å². The van der Waals surface area contributed by atoms with Crippen LogP contribution in [0.25, 0.3) is 0 Å². The molecule has 1 saturated carbocycles. The maximum Gasteiger partial charge on any atom is 0.306 e. The summed E-state index contributed by atoms with van der Waals surface area (Å²) < 4.78 is 5.43. The van der Waals surface area contributed by atoms with Gasteiger partial charge in [0.1, 0.15) is 0 Å². The monoisotopic (exact) mass is 352 g/mol. The highest BCUT2D eigenvalue weighted by Gasteiger charge is 2.40. The van der Waals surface area contributed by atoms with Crippen molar-refractivity contribution in [1.82, 2.24) is 9.80 Å². The van der Waals surface area contributed by atoms with Crippen LogP contribution in [-0.2, 0) is 19.1 Å². The van der Waals surface area contributed by atoms with Crippen molar-refractivity contribution in [3.8, 4) is 0 Å². The number of carbonyl (C=O) groups is 3. The van der Waals surface area contributed by atoms with Crippen LogP contribution >= 0.6 is 0 Å². The Bertz CT molecular complexity index is 516. The number of carboxylic acid groups (broad SMARTS) is 1. The van der Waals surface area contributed by atoms with E-state index in [9.17, 15) is 14.4 Å². The number of amides is 2. The minimum atomic E-state index is -0.921. The average molecular weight is 352 g/mol. The molecule has 25 heavy (non-hydrogen) atoms. The fourth-order valence-corrected chi connectivity index (χ4v) is 4.32. The molecule has 0 aromatic rings. The Balaban J connectivity index is 1.57. The van der Waals surface area contributed by atoms with E-state index >= 15 is 0 Å². The van der Waals surface area contributed by atoms with E-state index in [2.05, 4.69) is 0 Å². The second-order valence-electron chi connectivity index (χ2n) is 7.47. The van der Waals surface area contributed by atoms with E-state index in [4.69, 9.17) is 9.84 Å². The molecule has 3 fully saturated rings. The number of rotatable bonds is 4. The van der Waals surface area contributed by atoms with E-state index in [0.29, 0.717) is 26.2 Å². The standard InChI is InChI=1S/C18H28N2O5/c21-16-9-13(11-20(16)14-5-3-1-2-4-6-14)18(24)19-7-8-25-15(12-19)10-17(22)23/h13-15H,1-12H2,(H,22,23)/t13-,15+/m1/s1. The van der Waals surface area contributed by atoms with Gasteiger partial charge in [0.15, 0.2) is 0 Å². The number of hydrogen-bond acceptors (Lipinski definition) is 4. The lowest BCUT2D eigenvalue weighted by atomic mass is 10.1. The molecule has 3 rings (SSSR count). The Kier molecular flexibility index (Phi) is 5.93. The van der Waals surface area contributed by atoms with Crippen molar-refractivity contribution < 1.29 is 24.2 Å². The summed E-state index contributed by atoms with van der Waals surface area (Å²) in [5, 5.41) is 8.90. The summed E-state index contributed by atoms with van der Waals surface area (Å²) in [5.74, 6) is -1.14. The zero-order valence-electron chi connectivity index (χ0n) is 14.7. The zero-order valence-corrected chi connectivity index (χ0v) is 14.7. The molecular weight excluding hydrogens is 324 g/mol. The van der Waals surface area contributed by atoms with Crippen molar-refractivity contribution in [3.63, 3.8) is 0 Å². The smallest absolute Gasteiger partial charge is 0.306 e. The summed E-state index contributed by atoms with van der Waals surface area (Å²) in [4.78, 5) is 39.7. The topological polar surface area (TPSA) is 87.2 Å². The first kappa shape index (κ1) is 18.2. The van der Waals surface area contributed by atoms with Crippen LogP contribution in [0, 0.1) is 5.92 Å². The number of nitrogens with zero attached hydrogens (tertiary/aromatic N) is 2. The summed E-state index contributed by atoms with van der Waals surface area (Å²) in [7, 11) is 0. The Morgan fingerprint density at radius 1 is 1.12 bits per heavy atom. The molecule has 0 spiro atoms. The zero-order chi connectivity index (χ0) is 17.8. The van der Waals surface area contributed by atoms with Crippen molar-refractivity contribution in [2.75, 3.05) is 26.2 Å².